The molecule has 0 saturated carbocycles. The van der Waals surface area contributed by atoms with Gasteiger partial charge in [0.05, 0.1) is 0 Å². The molecule has 19 heavy (non-hydrogen) atoms. The highest BCUT2D eigenvalue weighted by atomic mass is 16.4. The lowest BCUT2D eigenvalue weighted by molar-refractivity contribution is -0.143. The van der Waals surface area contributed by atoms with Crippen molar-refractivity contribution in [2.45, 2.75) is 58.0 Å². The van der Waals surface area contributed by atoms with Gasteiger partial charge in [0, 0.05) is 13.5 Å². The molecule has 1 aliphatic rings. The monoisotopic (exact) mass is 270 g/mol. The van der Waals surface area contributed by atoms with Crippen molar-refractivity contribution in [1.82, 2.24) is 10.2 Å². The Morgan fingerprint density at radius 2 is 2.11 bits per heavy atom. The zero-order chi connectivity index (χ0) is 14.4. The number of carbonyl (C=O) groups is 3. The van der Waals surface area contributed by atoms with Crippen LogP contribution in [0.2, 0.25) is 0 Å². The SMILES string of the molecule is CCCC[C@H](NC(=O)C1CCCN1C(C)=O)C(=O)O. The number of aliphatic carboxylic acids is 1. The number of carboxylic acids is 1. The first-order chi connectivity index (χ1) is 8.97. The third-order valence-electron chi connectivity index (χ3n) is 3.42. The average Bonchev–Trinajstić information content (AvgIpc) is 2.83. The average molecular weight is 270 g/mol. The topological polar surface area (TPSA) is 86.7 Å². The third-order valence-corrected chi connectivity index (χ3v) is 3.42. The Morgan fingerprint density at radius 3 is 2.63 bits per heavy atom. The normalized spacial score (nSPS) is 20.1. The highest BCUT2D eigenvalue weighted by Crippen LogP contribution is 2.17. The lowest BCUT2D eigenvalue weighted by Crippen LogP contribution is -2.50. The standard InChI is InChI=1S/C13H22N2O4/c1-3-4-6-10(13(18)19)14-12(17)11-7-5-8-15(11)9(2)16/h10-11H,3-8H2,1-2H3,(H,14,17)(H,18,19)/t10-,11?/m0/s1. The Hall–Kier alpha value is -1.59. The lowest BCUT2D eigenvalue weighted by Gasteiger charge is -2.24. The summed E-state index contributed by atoms with van der Waals surface area (Å²) in [6.45, 7) is 3.96. The second kappa shape index (κ2) is 7.11. The number of rotatable bonds is 6. The first kappa shape index (κ1) is 15.5. The van der Waals surface area contributed by atoms with E-state index in [9.17, 15) is 14.4 Å². The number of unbranched alkanes of at least 4 members (excludes halogenated alkanes) is 1. The van der Waals surface area contributed by atoms with E-state index in [1.165, 1.54) is 11.8 Å². The quantitative estimate of drug-likeness (QED) is 0.746. The van der Waals surface area contributed by atoms with Gasteiger partial charge in [-0.25, -0.2) is 4.79 Å². The summed E-state index contributed by atoms with van der Waals surface area (Å²) in [7, 11) is 0. The maximum Gasteiger partial charge on any atom is 0.326 e. The molecule has 0 aromatic heterocycles. The Bertz CT molecular complexity index is 357. The fourth-order valence-electron chi connectivity index (χ4n) is 2.35. The molecule has 0 aliphatic carbocycles. The molecule has 0 aromatic carbocycles. The van der Waals surface area contributed by atoms with E-state index in [1.54, 1.807) is 0 Å². The molecule has 108 valence electrons. The molecular weight excluding hydrogens is 248 g/mol. The molecule has 0 aromatic rings. The van der Waals surface area contributed by atoms with E-state index < -0.39 is 18.1 Å². The van der Waals surface area contributed by atoms with Crippen LogP contribution in [0.15, 0.2) is 0 Å². The number of likely N-dealkylation sites (tertiary alicyclic amines) is 1. The molecule has 1 saturated heterocycles. The molecule has 1 heterocycles. The Morgan fingerprint density at radius 1 is 1.42 bits per heavy atom. The van der Waals surface area contributed by atoms with Crippen LogP contribution in [-0.2, 0) is 14.4 Å². The van der Waals surface area contributed by atoms with Gasteiger partial charge in [-0.1, -0.05) is 19.8 Å². The maximum absolute atomic E-state index is 12.1. The van der Waals surface area contributed by atoms with E-state index in [2.05, 4.69) is 5.32 Å². The Balaban J connectivity index is 2.60. The number of nitrogens with zero attached hydrogens (tertiary/aromatic N) is 1. The van der Waals surface area contributed by atoms with E-state index in [-0.39, 0.29) is 11.8 Å². The zero-order valence-electron chi connectivity index (χ0n) is 11.5. The molecule has 1 rings (SSSR count). The Kier molecular flexibility index (Phi) is 5.79. The highest BCUT2D eigenvalue weighted by molar-refractivity contribution is 5.90. The van der Waals surface area contributed by atoms with E-state index in [4.69, 9.17) is 5.11 Å². The molecule has 2 atom stereocenters. The van der Waals surface area contributed by atoms with Crippen molar-refractivity contribution in [2.75, 3.05) is 6.54 Å². The van der Waals surface area contributed by atoms with E-state index in [1.807, 2.05) is 6.92 Å². The summed E-state index contributed by atoms with van der Waals surface area (Å²) in [4.78, 5) is 36.0. The number of hydrogen-bond acceptors (Lipinski definition) is 3. The van der Waals surface area contributed by atoms with Gasteiger partial charge >= 0.3 is 5.97 Å². The minimum absolute atomic E-state index is 0.141. The second-order valence-corrected chi connectivity index (χ2v) is 4.91. The molecule has 6 nitrogen and oxygen atoms in total. The van der Waals surface area contributed by atoms with Crippen LogP contribution in [0.3, 0.4) is 0 Å². The third kappa shape index (κ3) is 4.22. The summed E-state index contributed by atoms with van der Waals surface area (Å²) in [6, 6.07) is -1.37. The number of carboxylic acid groups (broad SMARTS) is 1. The summed E-state index contributed by atoms with van der Waals surface area (Å²) in [5.74, 6) is -1.51. The van der Waals surface area contributed by atoms with Crippen LogP contribution in [0.25, 0.3) is 0 Å². The van der Waals surface area contributed by atoms with Gasteiger partial charge in [0.2, 0.25) is 11.8 Å². The lowest BCUT2D eigenvalue weighted by atomic mass is 10.1. The van der Waals surface area contributed by atoms with Crippen LogP contribution in [0.1, 0.15) is 46.0 Å². The van der Waals surface area contributed by atoms with Crippen LogP contribution in [0.4, 0.5) is 0 Å². The van der Waals surface area contributed by atoms with Gasteiger partial charge < -0.3 is 15.3 Å². The number of amides is 2. The highest BCUT2D eigenvalue weighted by Gasteiger charge is 2.34. The van der Waals surface area contributed by atoms with Crippen molar-refractivity contribution in [3.63, 3.8) is 0 Å². The molecule has 6 heteroatoms. The number of hydrogen-bond donors (Lipinski definition) is 2. The minimum atomic E-state index is -1.02. The zero-order valence-corrected chi connectivity index (χ0v) is 11.5. The fraction of sp³-hybridized carbons (Fsp3) is 0.769. The molecule has 2 N–H and O–H groups in total. The first-order valence-corrected chi connectivity index (χ1v) is 6.77. The van der Waals surface area contributed by atoms with Crippen molar-refractivity contribution in [2.24, 2.45) is 0 Å². The predicted molar refractivity (Wildman–Crippen MR) is 69.5 cm³/mol. The van der Waals surface area contributed by atoms with Crippen LogP contribution >= 0.6 is 0 Å². The molecule has 0 bridgehead atoms. The second-order valence-electron chi connectivity index (χ2n) is 4.91. The minimum Gasteiger partial charge on any atom is -0.480 e. The van der Waals surface area contributed by atoms with Gasteiger partial charge in [-0.2, -0.15) is 0 Å². The summed E-state index contributed by atoms with van der Waals surface area (Å²) in [5.41, 5.74) is 0. The van der Waals surface area contributed by atoms with Gasteiger partial charge in [-0.15, -0.1) is 0 Å². The van der Waals surface area contributed by atoms with Crippen molar-refractivity contribution >= 4 is 17.8 Å². The van der Waals surface area contributed by atoms with Gasteiger partial charge in [0.25, 0.3) is 0 Å². The predicted octanol–water partition coefficient (Wildman–Crippen LogP) is 0.757. The summed E-state index contributed by atoms with van der Waals surface area (Å²) in [5, 5.41) is 11.6. The van der Waals surface area contributed by atoms with Crippen molar-refractivity contribution in [3.05, 3.63) is 0 Å². The van der Waals surface area contributed by atoms with E-state index >= 15 is 0 Å². The van der Waals surface area contributed by atoms with Crippen molar-refractivity contribution in [1.29, 1.82) is 0 Å². The molecule has 0 spiro atoms. The molecule has 1 aliphatic heterocycles. The first-order valence-electron chi connectivity index (χ1n) is 6.77. The molecule has 2 amide bonds. The maximum atomic E-state index is 12.1. The fourth-order valence-corrected chi connectivity index (χ4v) is 2.35. The van der Waals surface area contributed by atoms with Gasteiger partial charge in [-0.3, -0.25) is 9.59 Å². The summed E-state index contributed by atoms with van der Waals surface area (Å²) >= 11 is 0. The number of carbonyl (C=O) groups excluding carboxylic acids is 2. The molecule has 0 radical (unpaired) electrons. The van der Waals surface area contributed by atoms with Gasteiger partial charge in [0.1, 0.15) is 12.1 Å². The summed E-state index contributed by atoms with van der Waals surface area (Å²) < 4.78 is 0. The van der Waals surface area contributed by atoms with E-state index in [0.29, 0.717) is 19.4 Å². The Labute approximate surface area is 113 Å². The molecule has 1 unspecified atom stereocenters. The molecular formula is C13H22N2O4. The van der Waals surface area contributed by atoms with Crippen LogP contribution in [0.5, 0.6) is 0 Å². The van der Waals surface area contributed by atoms with Crippen LogP contribution in [-0.4, -0.2) is 46.4 Å². The smallest absolute Gasteiger partial charge is 0.326 e. The molecule has 1 fully saturated rings. The van der Waals surface area contributed by atoms with Gasteiger partial charge in [0.15, 0.2) is 0 Å². The van der Waals surface area contributed by atoms with Crippen molar-refractivity contribution in [3.8, 4) is 0 Å². The summed E-state index contributed by atoms with van der Waals surface area (Å²) in [6.07, 6.45) is 3.43. The van der Waals surface area contributed by atoms with Gasteiger partial charge in [-0.05, 0) is 19.3 Å². The van der Waals surface area contributed by atoms with Crippen LogP contribution in [0, 0.1) is 0 Å². The largest absolute Gasteiger partial charge is 0.480 e. The van der Waals surface area contributed by atoms with E-state index in [0.717, 1.165) is 19.3 Å². The van der Waals surface area contributed by atoms with Crippen LogP contribution < -0.4 is 5.32 Å². The van der Waals surface area contributed by atoms with Crippen molar-refractivity contribution < 1.29 is 19.5 Å². The number of nitrogens with one attached hydrogen (secondary N) is 1.